The Morgan fingerprint density at radius 3 is 2.55 bits per heavy atom. The number of furan rings is 1. The fourth-order valence-corrected chi connectivity index (χ4v) is 2.29. The van der Waals surface area contributed by atoms with Crippen LogP contribution in [0.4, 0.5) is 0 Å². The molecule has 0 aliphatic carbocycles. The predicted octanol–water partition coefficient (Wildman–Crippen LogP) is 2.24. The van der Waals surface area contributed by atoms with Gasteiger partial charge in [0.15, 0.2) is 18.3 Å². The third-order valence-electron chi connectivity index (χ3n) is 3.91. The first-order chi connectivity index (χ1) is 10.5. The van der Waals surface area contributed by atoms with Crippen LogP contribution in [-0.2, 0) is 4.79 Å². The number of hydrogen-bond acceptors (Lipinski definition) is 2. The van der Waals surface area contributed by atoms with Gasteiger partial charge < -0.3 is 15.1 Å². The maximum atomic E-state index is 12.1. The van der Waals surface area contributed by atoms with Crippen molar-refractivity contribution in [3.63, 3.8) is 0 Å². The quantitative estimate of drug-likeness (QED) is 0.824. The number of nitrogens with two attached hydrogens (primary N) is 1. The van der Waals surface area contributed by atoms with Crippen molar-refractivity contribution in [3.05, 3.63) is 60.1 Å². The molecule has 22 heavy (non-hydrogen) atoms. The van der Waals surface area contributed by atoms with Crippen molar-refractivity contribution < 1.29 is 14.5 Å². The SMILES string of the molecule is CCC(C)(C)NC(=O)C[NH2+][C@H](c1ccccc1)c1ccco1. The zero-order valence-corrected chi connectivity index (χ0v) is 13.5. The first-order valence-electron chi connectivity index (χ1n) is 7.74. The number of carbonyl (C=O) groups excluding carboxylic acids is 1. The first kappa shape index (κ1) is 16.3. The van der Waals surface area contributed by atoms with Gasteiger partial charge >= 0.3 is 0 Å². The summed E-state index contributed by atoms with van der Waals surface area (Å²) in [6.07, 6.45) is 2.57. The number of benzene rings is 1. The van der Waals surface area contributed by atoms with Crippen molar-refractivity contribution in [1.82, 2.24) is 5.32 Å². The van der Waals surface area contributed by atoms with Crippen LogP contribution in [0.1, 0.15) is 44.6 Å². The summed E-state index contributed by atoms with van der Waals surface area (Å²) in [7, 11) is 0. The van der Waals surface area contributed by atoms with Crippen LogP contribution in [0.25, 0.3) is 0 Å². The Morgan fingerprint density at radius 1 is 1.23 bits per heavy atom. The van der Waals surface area contributed by atoms with E-state index in [2.05, 4.69) is 24.4 Å². The maximum absolute atomic E-state index is 12.1. The van der Waals surface area contributed by atoms with E-state index in [0.29, 0.717) is 6.54 Å². The number of amides is 1. The van der Waals surface area contributed by atoms with Gasteiger partial charge in [-0.3, -0.25) is 4.79 Å². The lowest BCUT2D eigenvalue weighted by atomic mass is 10.0. The molecular formula is C18H25N2O2+. The molecule has 1 atom stereocenters. The molecule has 1 heterocycles. The lowest BCUT2D eigenvalue weighted by Gasteiger charge is -2.24. The number of hydrogen-bond donors (Lipinski definition) is 2. The van der Waals surface area contributed by atoms with Crippen molar-refractivity contribution >= 4 is 5.91 Å². The minimum atomic E-state index is -0.169. The summed E-state index contributed by atoms with van der Waals surface area (Å²) >= 11 is 0. The summed E-state index contributed by atoms with van der Waals surface area (Å²) < 4.78 is 5.54. The van der Waals surface area contributed by atoms with Gasteiger partial charge in [-0.1, -0.05) is 37.3 Å². The lowest BCUT2D eigenvalue weighted by Crippen LogP contribution is -2.88. The highest BCUT2D eigenvalue weighted by atomic mass is 16.3. The van der Waals surface area contributed by atoms with Gasteiger partial charge in [0.05, 0.1) is 6.26 Å². The van der Waals surface area contributed by atoms with E-state index in [1.165, 1.54) is 0 Å². The van der Waals surface area contributed by atoms with Crippen molar-refractivity contribution in [2.45, 2.75) is 38.8 Å². The minimum absolute atomic E-state index is 0.00770. The topological polar surface area (TPSA) is 58.9 Å². The Bertz CT molecular complexity index is 576. The van der Waals surface area contributed by atoms with Gasteiger partial charge in [0.1, 0.15) is 0 Å². The van der Waals surface area contributed by atoms with E-state index in [4.69, 9.17) is 4.42 Å². The zero-order chi connectivity index (χ0) is 16.0. The molecular weight excluding hydrogens is 276 g/mol. The number of nitrogens with one attached hydrogen (secondary N) is 1. The monoisotopic (exact) mass is 301 g/mol. The molecule has 0 spiro atoms. The summed E-state index contributed by atoms with van der Waals surface area (Å²) in [5, 5.41) is 5.07. The van der Waals surface area contributed by atoms with Gasteiger partial charge in [0.2, 0.25) is 0 Å². The van der Waals surface area contributed by atoms with Crippen LogP contribution in [0, 0.1) is 0 Å². The van der Waals surface area contributed by atoms with E-state index < -0.39 is 0 Å². The van der Waals surface area contributed by atoms with E-state index in [1.54, 1.807) is 6.26 Å². The van der Waals surface area contributed by atoms with Gasteiger partial charge in [0, 0.05) is 11.1 Å². The number of quaternary nitrogens is 1. The largest absolute Gasteiger partial charge is 0.463 e. The van der Waals surface area contributed by atoms with E-state index in [-0.39, 0.29) is 17.5 Å². The molecule has 0 bridgehead atoms. The molecule has 2 rings (SSSR count). The molecule has 0 fully saturated rings. The Labute approximate surface area is 131 Å². The standard InChI is InChI=1S/C18H24N2O2/c1-4-18(2,3)20-16(21)13-19-17(15-11-8-12-22-15)14-9-6-5-7-10-14/h5-12,17,19H,4,13H2,1-3H3,(H,20,21)/p+1/t17-/m1/s1. The van der Waals surface area contributed by atoms with Crippen LogP contribution in [-0.4, -0.2) is 18.0 Å². The van der Waals surface area contributed by atoms with E-state index in [9.17, 15) is 4.79 Å². The molecule has 0 saturated heterocycles. The third-order valence-corrected chi connectivity index (χ3v) is 3.91. The van der Waals surface area contributed by atoms with Crippen molar-refractivity contribution in [2.75, 3.05) is 6.54 Å². The van der Waals surface area contributed by atoms with Gasteiger partial charge in [0.25, 0.3) is 5.91 Å². The molecule has 1 aromatic heterocycles. The molecule has 4 nitrogen and oxygen atoms in total. The summed E-state index contributed by atoms with van der Waals surface area (Å²) in [6, 6.07) is 13.9. The molecule has 0 unspecified atom stereocenters. The Kier molecular flexibility index (Phi) is 5.39. The van der Waals surface area contributed by atoms with Crippen molar-refractivity contribution in [2.24, 2.45) is 0 Å². The average Bonchev–Trinajstić information content (AvgIpc) is 3.02. The van der Waals surface area contributed by atoms with Crippen LogP contribution >= 0.6 is 0 Å². The zero-order valence-electron chi connectivity index (χ0n) is 13.5. The van der Waals surface area contributed by atoms with Gasteiger partial charge in [-0.05, 0) is 32.4 Å². The van der Waals surface area contributed by atoms with Gasteiger partial charge in [-0.15, -0.1) is 0 Å². The van der Waals surface area contributed by atoms with Crippen LogP contribution in [0.15, 0.2) is 53.1 Å². The van der Waals surface area contributed by atoms with E-state index in [0.717, 1.165) is 17.7 Å². The average molecular weight is 301 g/mol. The van der Waals surface area contributed by atoms with Crippen molar-refractivity contribution in [3.8, 4) is 0 Å². The Hall–Kier alpha value is -2.07. The molecule has 0 saturated carbocycles. The third kappa shape index (κ3) is 4.46. The molecule has 118 valence electrons. The van der Waals surface area contributed by atoms with E-state index >= 15 is 0 Å². The highest BCUT2D eigenvalue weighted by Gasteiger charge is 2.23. The second kappa shape index (κ2) is 7.27. The fraction of sp³-hybridized carbons (Fsp3) is 0.389. The smallest absolute Gasteiger partial charge is 0.275 e. The molecule has 0 radical (unpaired) electrons. The normalized spacial score (nSPS) is 12.9. The molecule has 4 heteroatoms. The van der Waals surface area contributed by atoms with Crippen LogP contribution in [0.3, 0.4) is 0 Å². The molecule has 0 aliphatic heterocycles. The van der Waals surface area contributed by atoms with Gasteiger partial charge in [-0.2, -0.15) is 0 Å². The second-order valence-electron chi connectivity index (χ2n) is 6.13. The van der Waals surface area contributed by atoms with Crippen LogP contribution < -0.4 is 10.6 Å². The molecule has 3 N–H and O–H groups in total. The second-order valence-corrected chi connectivity index (χ2v) is 6.13. The maximum Gasteiger partial charge on any atom is 0.275 e. The summed E-state index contributed by atoms with van der Waals surface area (Å²) in [5.41, 5.74) is 0.956. The number of rotatable bonds is 7. The predicted molar refractivity (Wildman–Crippen MR) is 86.3 cm³/mol. The summed E-state index contributed by atoms with van der Waals surface area (Å²) in [4.78, 5) is 12.1. The molecule has 0 aliphatic rings. The van der Waals surface area contributed by atoms with Crippen molar-refractivity contribution in [1.29, 1.82) is 0 Å². The summed E-state index contributed by atoms with van der Waals surface area (Å²) in [6.45, 7) is 6.50. The molecule has 1 amide bonds. The fourth-order valence-electron chi connectivity index (χ4n) is 2.29. The Balaban J connectivity index is 2.04. The first-order valence-corrected chi connectivity index (χ1v) is 7.74. The Morgan fingerprint density at radius 2 is 1.95 bits per heavy atom. The summed E-state index contributed by atoms with van der Waals surface area (Å²) in [5.74, 6) is 0.896. The highest BCUT2D eigenvalue weighted by Crippen LogP contribution is 2.18. The number of carbonyl (C=O) groups is 1. The lowest BCUT2D eigenvalue weighted by molar-refractivity contribution is -0.678. The minimum Gasteiger partial charge on any atom is -0.463 e. The van der Waals surface area contributed by atoms with Crippen LogP contribution in [0.2, 0.25) is 0 Å². The highest BCUT2D eigenvalue weighted by molar-refractivity contribution is 5.77. The van der Waals surface area contributed by atoms with Crippen LogP contribution in [0.5, 0.6) is 0 Å². The van der Waals surface area contributed by atoms with Gasteiger partial charge in [-0.25, -0.2) is 0 Å². The molecule has 2 aromatic rings. The van der Waals surface area contributed by atoms with E-state index in [1.807, 2.05) is 49.5 Å². The molecule has 1 aromatic carbocycles.